The first-order valence-corrected chi connectivity index (χ1v) is 11.0. The number of carbonyl (C=O) groups is 1. The van der Waals surface area contributed by atoms with E-state index < -0.39 is 0 Å². The Balaban J connectivity index is 1.36. The van der Waals surface area contributed by atoms with E-state index in [0.29, 0.717) is 17.3 Å². The van der Waals surface area contributed by atoms with E-state index in [1.165, 1.54) is 43.9 Å². The Morgan fingerprint density at radius 3 is 2.83 bits per heavy atom. The normalized spacial score (nSPS) is 51.1. The van der Waals surface area contributed by atoms with Crippen LogP contribution in [0.4, 0.5) is 0 Å². The number of epoxide rings is 1. The first-order chi connectivity index (χ1) is 11.6. The minimum atomic E-state index is 0.101. The molecule has 4 nitrogen and oxygen atoms in total. The number of thioether (sulfide) groups is 1. The Hall–Kier alpha value is -0.260. The summed E-state index contributed by atoms with van der Waals surface area (Å²) in [5, 5.41) is 0. The van der Waals surface area contributed by atoms with Crippen molar-refractivity contribution in [2.24, 2.45) is 23.2 Å². The highest BCUT2D eigenvalue weighted by molar-refractivity contribution is 7.99. The summed E-state index contributed by atoms with van der Waals surface area (Å²) < 4.78 is 11.9. The maximum absolute atomic E-state index is 12.6. The SMILES string of the molecule is C[C@]12CCC[C@]3(CO3)[C@@H]1C[C@@H]1[C@H](C[NH+]3CCSCC3)C(=O)O[C@@H]1C2. The summed E-state index contributed by atoms with van der Waals surface area (Å²) in [5.74, 6) is 3.80. The fourth-order valence-corrected chi connectivity index (χ4v) is 7.44. The van der Waals surface area contributed by atoms with E-state index in [4.69, 9.17) is 9.47 Å². The monoisotopic (exact) mass is 352 g/mol. The smallest absolute Gasteiger partial charge is 0.315 e. The van der Waals surface area contributed by atoms with Crippen LogP contribution in [0.15, 0.2) is 0 Å². The van der Waals surface area contributed by atoms with Crippen LogP contribution in [-0.4, -0.2) is 55.4 Å². The van der Waals surface area contributed by atoms with Gasteiger partial charge in [-0.1, -0.05) is 6.92 Å². The third-order valence-electron chi connectivity index (χ3n) is 7.79. The second-order valence-corrected chi connectivity index (χ2v) is 10.4. The molecule has 5 fully saturated rings. The van der Waals surface area contributed by atoms with Crippen LogP contribution in [0.1, 0.15) is 39.0 Å². The summed E-state index contributed by atoms with van der Waals surface area (Å²) in [4.78, 5) is 14.2. The summed E-state index contributed by atoms with van der Waals surface area (Å²) in [7, 11) is 0. The van der Waals surface area contributed by atoms with Crippen LogP contribution in [0.5, 0.6) is 0 Å². The maximum Gasteiger partial charge on any atom is 0.315 e. The van der Waals surface area contributed by atoms with E-state index >= 15 is 0 Å². The van der Waals surface area contributed by atoms with Gasteiger partial charge >= 0.3 is 5.97 Å². The Kier molecular flexibility index (Phi) is 3.73. The number of ether oxygens (including phenoxy) is 2. The van der Waals surface area contributed by atoms with Gasteiger partial charge in [-0.15, -0.1) is 0 Å². The van der Waals surface area contributed by atoms with E-state index in [1.54, 1.807) is 4.90 Å². The minimum absolute atomic E-state index is 0.101. The molecule has 0 aromatic carbocycles. The van der Waals surface area contributed by atoms with Crippen LogP contribution in [-0.2, 0) is 14.3 Å². The molecule has 5 aliphatic rings. The lowest BCUT2D eigenvalue weighted by atomic mass is 9.53. The molecule has 0 bridgehead atoms. The molecule has 3 heterocycles. The quantitative estimate of drug-likeness (QED) is 0.598. The third-order valence-corrected chi connectivity index (χ3v) is 8.77. The Labute approximate surface area is 149 Å². The molecule has 0 radical (unpaired) electrons. The number of nitrogens with one attached hydrogen (secondary N) is 1. The van der Waals surface area contributed by atoms with Crippen LogP contribution in [0.25, 0.3) is 0 Å². The molecule has 0 aromatic rings. The molecule has 6 atom stereocenters. The summed E-state index contributed by atoms with van der Waals surface area (Å²) in [6, 6.07) is 0. The average Bonchev–Trinajstić information content (AvgIpc) is 3.27. The van der Waals surface area contributed by atoms with Crippen LogP contribution in [0.3, 0.4) is 0 Å². The average molecular weight is 353 g/mol. The van der Waals surface area contributed by atoms with Crippen molar-refractivity contribution in [3.05, 3.63) is 0 Å². The van der Waals surface area contributed by atoms with Crippen molar-refractivity contribution < 1.29 is 19.2 Å². The summed E-state index contributed by atoms with van der Waals surface area (Å²) in [6.07, 6.45) is 6.19. The highest BCUT2D eigenvalue weighted by Gasteiger charge is 2.65. The van der Waals surface area contributed by atoms with Gasteiger partial charge in [0.15, 0.2) is 0 Å². The van der Waals surface area contributed by atoms with Gasteiger partial charge in [0.25, 0.3) is 0 Å². The van der Waals surface area contributed by atoms with Crippen LogP contribution in [0, 0.1) is 23.2 Å². The van der Waals surface area contributed by atoms with Gasteiger partial charge in [0.2, 0.25) is 0 Å². The van der Waals surface area contributed by atoms with Crippen LogP contribution in [0.2, 0.25) is 0 Å². The summed E-state index contributed by atoms with van der Waals surface area (Å²) >= 11 is 2.05. The van der Waals surface area contributed by atoms with Crippen molar-refractivity contribution in [1.82, 2.24) is 0 Å². The van der Waals surface area contributed by atoms with Crippen molar-refractivity contribution in [3.63, 3.8) is 0 Å². The molecule has 3 saturated heterocycles. The van der Waals surface area contributed by atoms with Crippen LogP contribution < -0.4 is 4.90 Å². The molecule has 1 spiro atoms. The number of esters is 1. The van der Waals surface area contributed by atoms with Crippen molar-refractivity contribution >= 4 is 17.7 Å². The zero-order valence-electron chi connectivity index (χ0n) is 14.7. The topological polar surface area (TPSA) is 43.3 Å². The second-order valence-electron chi connectivity index (χ2n) is 9.17. The van der Waals surface area contributed by atoms with Gasteiger partial charge < -0.3 is 14.4 Å². The van der Waals surface area contributed by atoms with Gasteiger partial charge in [0.05, 0.1) is 31.8 Å². The lowest BCUT2D eigenvalue weighted by Crippen LogP contribution is -3.14. The van der Waals surface area contributed by atoms with Gasteiger partial charge in [-0.05, 0) is 43.4 Å². The van der Waals surface area contributed by atoms with Gasteiger partial charge in [-0.25, -0.2) is 0 Å². The van der Waals surface area contributed by atoms with Gasteiger partial charge in [0, 0.05) is 17.4 Å². The molecule has 5 heteroatoms. The van der Waals surface area contributed by atoms with E-state index in [-0.39, 0.29) is 23.6 Å². The summed E-state index contributed by atoms with van der Waals surface area (Å²) in [5.41, 5.74) is 0.489. The molecule has 0 amide bonds. The molecule has 24 heavy (non-hydrogen) atoms. The highest BCUT2D eigenvalue weighted by atomic mass is 32.2. The predicted molar refractivity (Wildman–Crippen MR) is 93.1 cm³/mol. The molecule has 0 unspecified atom stereocenters. The first-order valence-electron chi connectivity index (χ1n) is 9.85. The zero-order chi connectivity index (χ0) is 16.4. The van der Waals surface area contributed by atoms with E-state index in [0.717, 1.165) is 26.0 Å². The van der Waals surface area contributed by atoms with E-state index in [2.05, 4.69) is 6.92 Å². The van der Waals surface area contributed by atoms with Crippen molar-refractivity contribution in [1.29, 1.82) is 0 Å². The first kappa shape index (κ1) is 16.0. The standard InChI is InChI=1S/C19H29NO3S/c1-18-3-2-4-19(12-22-19)16(18)9-13-14(17(21)23-15(13)10-18)11-20-5-7-24-8-6-20/h13-16H,2-12H2,1H3/p+1/t13-,14+,15-,16-,18-,19+/m1/s1. The lowest BCUT2D eigenvalue weighted by molar-refractivity contribution is -0.899. The van der Waals surface area contributed by atoms with E-state index in [9.17, 15) is 4.79 Å². The van der Waals surface area contributed by atoms with E-state index in [1.807, 2.05) is 11.8 Å². The number of carbonyl (C=O) groups excluding carboxylic acids is 1. The zero-order valence-corrected chi connectivity index (χ0v) is 15.5. The fraction of sp³-hybridized carbons (Fsp3) is 0.947. The van der Waals surface area contributed by atoms with Crippen LogP contribution >= 0.6 is 11.8 Å². The van der Waals surface area contributed by atoms with Gasteiger partial charge in [-0.3, -0.25) is 4.79 Å². The second kappa shape index (κ2) is 5.62. The fourth-order valence-electron chi connectivity index (χ4n) is 6.37. The number of hydrogen-bond acceptors (Lipinski definition) is 4. The molecular formula is C19H30NO3S+. The number of hydrogen-bond donors (Lipinski definition) is 1. The molecule has 2 saturated carbocycles. The Morgan fingerprint density at radius 1 is 1.29 bits per heavy atom. The van der Waals surface area contributed by atoms with Crippen molar-refractivity contribution in [2.45, 2.75) is 50.7 Å². The minimum Gasteiger partial charge on any atom is -0.462 e. The third kappa shape index (κ3) is 2.45. The summed E-state index contributed by atoms with van der Waals surface area (Å²) in [6.45, 7) is 6.81. The number of fused-ring (bicyclic) bond motifs is 3. The molecular weight excluding hydrogens is 322 g/mol. The molecule has 3 aliphatic heterocycles. The van der Waals surface area contributed by atoms with Crippen molar-refractivity contribution in [3.8, 4) is 0 Å². The lowest BCUT2D eigenvalue weighted by Gasteiger charge is -2.51. The molecule has 0 aromatic heterocycles. The van der Waals surface area contributed by atoms with Gasteiger partial charge in [0.1, 0.15) is 12.0 Å². The highest BCUT2D eigenvalue weighted by Crippen LogP contribution is 2.62. The predicted octanol–water partition coefficient (Wildman–Crippen LogP) is 1.15. The van der Waals surface area contributed by atoms with Crippen molar-refractivity contribution in [2.75, 3.05) is 37.7 Å². The largest absolute Gasteiger partial charge is 0.462 e. The maximum atomic E-state index is 12.6. The molecule has 134 valence electrons. The Morgan fingerprint density at radius 2 is 2.08 bits per heavy atom. The molecule has 2 aliphatic carbocycles. The molecule has 1 N–H and O–H groups in total. The number of quaternary nitrogens is 1. The Bertz CT molecular complexity index is 531. The molecule has 5 rings (SSSR count). The van der Waals surface area contributed by atoms with Gasteiger partial charge in [-0.2, -0.15) is 11.8 Å². The number of rotatable bonds is 2.